The molecular weight excluding hydrogens is 293 g/mol. The Morgan fingerprint density at radius 2 is 2.05 bits per heavy atom. The average molecular weight is 312 g/mol. The number of fused-ring (bicyclic) bond motifs is 1. The highest BCUT2D eigenvalue weighted by atomic mass is 35.5. The van der Waals surface area contributed by atoms with Gasteiger partial charge in [-0.15, -0.1) is 11.6 Å². The van der Waals surface area contributed by atoms with E-state index in [1.165, 1.54) is 12.1 Å². The number of ether oxygens (including phenoxy) is 1. The summed E-state index contributed by atoms with van der Waals surface area (Å²) in [7, 11) is 0. The highest BCUT2D eigenvalue weighted by molar-refractivity contribution is 6.16. The van der Waals surface area contributed by atoms with Crippen LogP contribution in [0.25, 0.3) is 11.0 Å². The van der Waals surface area contributed by atoms with Crippen LogP contribution in [0.2, 0.25) is 0 Å². The van der Waals surface area contributed by atoms with Gasteiger partial charge in [0.05, 0.1) is 30.1 Å². The number of benzene rings is 1. The number of morpholine rings is 1. The van der Waals surface area contributed by atoms with E-state index in [9.17, 15) is 4.39 Å². The number of rotatable bonds is 5. The molecular formula is C15H19ClFN3O. The highest BCUT2D eigenvalue weighted by Crippen LogP contribution is 2.19. The zero-order valence-electron chi connectivity index (χ0n) is 11.9. The molecule has 1 aromatic heterocycles. The summed E-state index contributed by atoms with van der Waals surface area (Å²) in [5.41, 5.74) is 1.63. The van der Waals surface area contributed by atoms with Gasteiger partial charge in [0.2, 0.25) is 0 Å². The topological polar surface area (TPSA) is 30.3 Å². The molecule has 1 aliphatic heterocycles. The van der Waals surface area contributed by atoms with E-state index in [1.807, 2.05) is 4.57 Å². The van der Waals surface area contributed by atoms with E-state index in [0.717, 1.165) is 62.7 Å². The maximum absolute atomic E-state index is 13.4. The van der Waals surface area contributed by atoms with Gasteiger partial charge in [0, 0.05) is 26.2 Å². The van der Waals surface area contributed by atoms with Crippen LogP contribution in [0.4, 0.5) is 4.39 Å². The van der Waals surface area contributed by atoms with Crippen LogP contribution in [0, 0.1) is 5.82 Å². The van der Waals surface area contributed by atoms with Gasteiger partial charge in [0.1, 0.15) is 11.6 Å². The van der Waals surface area contributed by atoms with Crippen LogP contribution in [0.3, 0.4) is 0 Å². The summed E-state index contributed by atoms with van der Waals surface area (Å²) in [5, 5.41) is 0. The van der Waals surface area contributed by atoms with Crippen molar-refractivity contribution < 1.29 is 9.13 Å². The Morgan fingerprint density at radius 1 is 1.24 bits per heavy atom. The van der Waals surface area contributed by atoms with Gasteiger partial charge in [-0.2, -0.15) is 0 Å². The maximum Gasteiger partial charge on any atom is 0.125 e. The standard InChI is InChI=1S/C15H19ClFN3O/c16-11-15-18-13-3-2-12(17)10-14(13)20(15)5-1-4-19-6-8-21-9-7-19/h2-3,10H,1,4-9,11H2. The third-order valence-corrected chi connectivity index (χ3v) is 4.11. The number of alkyl halides is 1. The predicted molar refractivity (Wildman–Crippen MR) is 81.1 cm³/mol. The molecule has 0 N–H and O–H groups in total. The lowest BCUT2D eigenvalue weighted by Crippen LogP contribution is -2.37. The van der Waals surface area contributed by atoms with Crippen LogP contribution < -0.4 is 0 Å². The molecule has 1 saturated heterocycles. The molecule has 2 heterocycles. The first-order valence-corrected chi connectivity index (χ1v) is 7.82. The summed E-state index contributed by atoms with van der Waals surface area (Å²) >= 11 is 5.97. The van der Waals surface area contributed by atoms with Gasteiger partial charge in [-0.3, -0.25) is 4.90 Å². The minimum atomic E-state index is -0.238. The van der Waals surface area contributed by atoms with Crippen molar-refractivity contribution in [1.29, 1.82) is 0 Å². The molecule has 4 nitrogen and oxygen atoms in total. The van der Waals surface area contributed by atoms with E-state index < -0.39 is 0 Å². The lowest BCUT2D eigenvalue weighted by Gasteiger charge is -2.26. The molecule has 1 aromatic carbocycles. The number of hydrogen-bond acceptors (Lipinski definition) is 3. The third kappa shape index (κ3) is 3.36. The molecule has 3 rings (SSSR count). The Balaban J connectivity index is 1.71. The van der Waals surface area contributed by atoms with E-state index in [2.05, 4.69) is 9.88 Å². The number of hydrogen-bond donors (Lipinski definition) is 0. The van der Waals surface area contributed by atoms with E-state index in [0.29, 0.717) is 5.88 Å². The van der Waals surface area contributed by atoms with Crippen molar-refractivity contribution in [2.75, 3.05) is 32.8 Å². The van der Waals surface area contributed by atoms with Crippen LogP contribution in [0.15, 0.2) is 18.2 Å². The molecule has 0 aliphatic carbocycles. The number of nitrogens with zero attached hydrogens (tertiary/aromatic N) is 3. The fraction of sp³-hybridized carbons (Fsp3) is 0.533. The SMILES string of the molecule is Fc1ccc2nc(CCl)n(CCCN3CCOCC3)c2c1. The monoisotopic (exact) mass is 311 g/mol. The fourth-order valence-electron chi connectivity index (χ4n) is 2.77. The van der Waals surface area contributed by atoms with E-state index in [1.54, 1.807) is 6.07 Å². The van der Waals surface area contributed by atoms with Gasteiger partial charge in [-0.1, -0.05) is 0 Å². The Kier molecular flexibility index (Phi) is 4.73. The Morgan fingerprint density at radius 3 is 2.81 bits per heavy atom. The molecule has 0 amide bonds. The van der Waals surface area contributed by atoms with Gasteiger partial charge in [-0.05, 0) is 24.6 Å². The largest absolute Gasteiger partial charge is 0.379 e. The van der Waals surface area contributed by atoms with Crippen LogP contribution >= 0.6 is 11.6 Å². The summed E-state index contributed by atoms with van der Waals surface area (Å²) in [4.78, 5) is 6.86. The van der Waals surface area contributed by atoms with Crippen LogP contribution in [-0.4, -0.2) is 47.3 Å². The summed E-state index contributed by atoms with van der Waals surface area (Å²) in [6.07, 6.45) is 0.992. The van der Waals surface area contributed by atoms with Crippen molar-refractivity contribution in [3.8, 4) is 0 Å². The minimum absolute atomic E-state index is 0.238. The first-order chi connectivity index (χ1) is 10.3. The summed E-state index contributed by atoms with van der Waals surface area (Å²) in [5.74, 6) is 0.908. The predicted octanol–water partition coefficient (Wildman–Crippen LogP) is 2.64. The zero-order valence-corrected chi connectivity index (χ0v) is 12.7. The Labute approximate surface area is 128 Å². The first kappa shape index (κ1) is 14.8. The molecule has 6 heteroatoms. The second-order valence-electron chi connectivity index (χ2n) is 5.25. The van der Waals surface area contributed by atoms with Crippen molar-refractivity contribution in [2.45, 2.75) is 18.8 Å². The lowest BCUT2D eigenvalue weighted by atomic mass is 10.3. The van der Waals surface area contributed by atoms with Crippen molar-refractivity contribution in [2.24, 2.45) is 0 Å². The van der Waals surface area contributed by atoms with E-state index in [4.69, 9.17) is 16.3 Å². The summed E-state index contributed by atoms with van der Waals surface area (Å²) in [6.45, 7) is 5.42. The number of halogens is 2. The second kappa shape index (κ2) is 6.73. The molecule has 1 aliphatic rings. The highest BCUT2D eigenvalue weighted by Gasteiger charge is 2.13. The number of imidazole rings is 1. The molecule has 0 radical (unpaired) electrons. The number of aryl methyl sites for hydroxylation is 1. The van der Waals surface area contributed by atoms with E-state index >= 15 is 0 Å². The van der Waals surface area contributed by atoms with Crippen molar-refractivity contribution in [3.05, 3.63) is 29.8 Å². The van der Waals surface area contributed by atoms with Crippen molar-refractivity contribution >= 4 is 22.6 Å². The van der Waals surface area contributed by atoms with Gasteiger partial charge in [0.15, 0.2) is 0 Å². The molecule has 2 aromatic rings. The Hall–Kier alpha value is -1.17. The van der Waals surface area contributed by atoms with E-state index in [-0.39, 0.29) is 5.82 Å². The molecule has 0 spiro atoms. The maximum atomic E-state index is 13.4. The molecule has 21 heavy (non-hydrogen) atoms. The Bertz CT molecular complexity index is 610. The number of aromatic nitrogens is 2. The van der Waals surface area contributed by atoms with Crippen LogP contribution in [-0.2, 0) is 17.2 Å². The average Bonchev–Trinajstić information content (AvgIpc) is 2.86. The molecule has 114 valence electrons. The zero-order chi connectivity index (χ0) is 14.7. The third-order valence-electron chi connectivity index (χ3n) is 3.87. The van der Waals surface area contributed by atoms with Crippen LogP contribution in [0.5, 0.6) is 0 Å². The molecule has 0 bridgehead atoms. The summed E-state index contributed by atoms with van der Waals surface area (Å²) in [6, 6.07) is 4.68. The van der Waals surface area contributed by atoms with Crippen molar-refractivity contribution in [3.63, 3.8) is 0 Å². The van der Waals surface area contributed by atoms with Gasteiger partial charge in [-0.25, -0.2) is 9.37 Å². The normalized spacial score (nSPS) is 16.7. The molecule has 0 atom stereocenters. The van der Waals surface area contributed by atoms with Crippen molar-refractivity contribution in [1.82, 2.24) is 14.5 Å². The molecule has 0 unspecified atom stereocenters. The fourth-order valence-corrected chi connectivity index (χ4v) is 2.98. The summed E-state index contributed by atoms with van der Waals surface area (Å²) < 4.78 is 20.8. The quantitative estimate of drug-likeness (QED) is 0.795. The smallest absolute Gasteiger partial charge is 0.125 e. The molecule has 1 fully saturated rings. The lowest BCUT2D eigenvalue weighted by molar-refractivity contribution is 0.0369. The second-order valence-corrected chi connectivity index (χ2v) is 5.52. The first-order valence-electron chi connectivity index (χ1n) is 7.28. The van der Waals surface area contributed by atoms with Gasteiger partial charge in [0.25, 0.3) is 0 Å². The molecule has 0 saturated carbocycles. The van der Waals surface area contributed by atoms with Crippen LogP contribution in [0.1, 0.15) is 12.2 Å². The minimum Gasteiger partial charge on any atom is -0.379 e. The van der Waals surface area contributed by atoms with Gasteiger partial charge < -0.3 is 9.30 Å². The van der Waals surface area contributed by atoms with Gasteiger partial charge >= 0.3 is 0 Å².